The zero-order chi connectivity index (χ0) is 14.8. The van der Waals surface area contributed by atoms with Crippen molar-refractivity contribution in [3.63, 3.8) is 0 Å². The van der Waals surface area contributed by atoms with Gasteiger partial charge in [-0.2, -0.15) is 0 Å². The van der Waals surface area contributed by atoms with E-state index < -0.39 is 12.0 Å². The molecule has 2 aliphatic heterocycles. The molecule has 0 spiro atoms. The summed E-state index contributed by atoms with van der Waals surface area (Å²) < 4.78 is 5.30. The van der Waals surface area contributed by atoms with Crippen LogP contribution in [0.1, 0.15) is 22.3 Å². The van der Waals surface area contributed by atoms with Crippen molar-refractivity contribution in [1.29, 1.82) is 0 Å². The maximum absolute atomic E-state index is 12.6. The summed E-state index contributed by atoms with van der Waals surface area (Å²) in [6.07, 6.45) is 0.887. The first-order chi connectivity index (χ1) is 10.1. The Labute approximate surface area is 122 Å². The monoisotopic (exact) mass is 290 g/mol. The average Bonchev–Trinajstić information content (AvgIpc) is 2.94. The Morgan fingerprint density at radius 3 is 3.10 bits per heavy atom. The van der Waals surface area contributed by atoms with Gasteiger partial charge < -0.3 is 20.1 Å². The quantitative estimate of drug-likeness (QED) is 0.867. The number of carboxylic acids is 1. The number of nitrogens with one attached hydrogen (secondary N) is 1. The van der Waals surface area contributed by atoms with Gasteiger partial charge in [-0.25, -0.2) is 0 Å². The molecule has 1 atom stereocenters. The molecule has 1 fully saturated rings. The summed E-state index contributed by atoms with van der Waals surface area (Å²) >= 11 is 0. The molecule has 0 bridgehead atoms. The fourth-order valence-electron chi connectivity index (χ4n) is 2.88. The normalized spacial score (nSPS) is 20.8. The van der Waals surface area contributed by atoms with E-state index in [0.29, 0.717) is 18.7 Å². The Bertz CT molecular complexity index is 573. The molecular weight excluding hydrogens is 272 g/mol. The van der Waals surface area contributed by atoms with E-state index in [4.69, 9.17) is 9.84 Å². The minimum atomic E-state index is -0.918. The number of carbonyl (C=O) groups excluding carboxylic acids is 1. The molecule has 1 aromatic carbocycles. The predicted octanol–water partition coefficient (Wildman–Crippen LogP) is 0.970. The molecule has 1 unspecified atom stereocenters. The van der Waals surface area contributed by atoms with Crippen LogP contribution in [0.4, 0.5) is 5.69 Å². The van der Waals surface area contributed by atoms with Gasteiger partial charge in [0.25, 0.3) is 5.91 Å². The number of carbonyl (C=O) groups is 2. The fraction of sp³-hybridized carbons (Fsp3) is 0.467. The summed E-state index contributed by atoms with van der Waals surface area (Å²) in [6, 6.07) is 5.25. The maximum atomic E-state index is 12.6. The molecule has 0 radical (unpaired) electrons. The van der Waals surface area contributed by atoms with Gasteiger partial charge in [0.1, 0.15) is 0 Å². The van der Waals surface area contributed by atoms with Crippen molar-refractivity contribution in [2.45, 2.75) is 18.9 Å². The molecule has 2 aliphatic rings. The largest absolute Gasteiger partial charge is 0.481 e. The van der Waals surface area contributed by atoms with Crippen LogP contribution < -0.4 is 5.32 Å². The maximum Gasteiger partial charge on any atom is 0.305 e. The summed E-state index contributed by atoms with van der Waals surface area (Å²) in [5.74, 6) is -1.04. The lowest BCUT2D eigenvalue weighted by atomic mass is 10.1. The number of fused-ring (bicyclic) bond motifs is 1. The molecule has 0 aliphatic carbocycles. The molecule has 0 saturated carbocycles. The molecule has 2 heterocycles. The van der Waals surface area contributed by atoms with Crippen LogP contribution in [0.25, 0.3) is 0 Å². The number of morpholine rings is 1. The van der Waals surface area contributed by atoms with Crippen molar-refractivity contribution < 1.29 is 19.4 Å². The third kappa shape index (κ3) is 2.85. The Kier molecular flexibility index (Phi) is 3.79. The van der Waals surface area contributed by atoms with Crippen LogP contribution in [0.15, 0.2) is 18.2 Å². The first-order valence-electron chi connectivity index (χ1n) is 7.12. The van der Waals surface area contributed by atoms with Gasteiger partial charge in [0.05, 0.1) is 25.7 Å². The van der Waals surface area contributed by atoms with Gasteiger partial charge in [-0.15, -0.1) is 0 Å². The fourth-order valence-corrected chi connectivity index (χ4v) is 2.88. The van der Waals surface area contributed by atoms with Gasteiger partial charge in [-0.1, -0.05) is 6.07 Å². The Morgan fingerprint density at radius 1 is 1.43 bits per heavy atom. The van der Waals surface area contributed by atoms with Gasteiger partial charge in [-0.05, 0) is 24.1 Å². The highest BCUT2D eigenvalue weighted by atomic mass is 16.5. The van der Waals surface area contributed by atoms with Crippen LogP contribution in [-0.2, 0) is 16.0 Å². The average molecular weight is 290 g/mol. The second kappa shape index (κ2) is 5.73. The van der Waals surface area contributed by atoms with Crippen molar-refractivity contribution in [2.24, 2.45) is 0 Å². The van der Waals surface area contributed by atoms with Crippen molar-refractivity contribution in [3.8, 4) is 0 Å². The highest BCUT2D eigenvalue weighted by molar-refractivity contribution is 5.96. The highest BCUT2D eigenvalue weighted by Crippen LogP contribution is 2.25. The summed E-state index contributed by atoms with van der Waals surface area (Å²) in [5.41, 5.74) is 2.82. The number of nitrogens with zero attached hydrogens (tertiary/aromatic N) is 1. The predicted molar refractivity (Wildman–Crippen MR) is 76.5 cm³/mol. The summed E-state index contributed by atoms with van der Waals surface area (Å²) in [5, 5.41) is 12.2. The van der Waals surface area contributed by atoms with Gasteiger partial charge >= 0.3 is 5.97 Å². The van der Waals surface area contributed by atoms with E-state index in [1.54, 1.807) is 4.90 Å². The van der Waals surface area contributed by atoms with E-state index in [2.05, 4.69) is 5.32 Å². The van der Waals surface area contributed by atoms with Crippen LogP contribution in [0.2, 0.25) is 0 Å². The van der Waals surface area contributed by atoms with Crippen LogP contribution >= 0.6 is 0 Å². The molecule has 6 heteroatoms. The molecule has 1 saturated heterocycles. The minimum absolute atomic E-state index is 0.0884. The Morgan fingerprint density at radius 2 is 2.29 bits per heavy atom. The third-order valence-electron chi connectivity index (χ3n) is 3.97. The topological polar surface area (TPSA) is 78.9 Å². The van der Waals surface area contributed by atoms with Gasteiger partial charge in [0.15, 0.2) is 0 Å². The van der Waals surface area contributed by atoms with Crippen molar-refractivity contribution in [3.05, 3.63) is 29.3 Å². The third-order valence-corrected chi connectivity index (χ3v) is 3.97. The lowest BCUT2D eigenvalue weighted by Gasteiger charge is -2.35. The molecule has 0 aromatic heterocycles. The summed E-state index contributed by atoms with van der Waals surface area (Å²) in [4.78, 5) is 25.2. The van der Waals surface area contributed by atoms with Gasteiger partial charge in [0, 0.05) is 24.3 Å². The zero-order valence-electron chi connectivity index (χ0n) is 11.7. The van der Waals surface area contributed by atoms with Crippen molar-refractivity contribution in [1.82, 2.24) is 4.90 Å². The van der Waals surface area contributed by atoms with E-state index in [1.807, 2.05) is 18.2 Å². The number of hydrogen-bond donors (Lipinski definition) is 2. The highest BCUT2D eigenvalue weighted by Gasteiger charge is 2.30. The molecule has 6 nitrogen and oxygen atoms in total. The lowest BCUT2D eigenvalue weighted by molar-refractivity contribution is -0.139. The van der Waals surface area contributed by atoms with Crippen molar-refractivity contribution >= 4 is 17.6 Å². The first-order valence-corrected chi connectivity index (χ1v) is 7.12. The summed E-state index contributed by atoms with van der Waals surface area (Å²) in [6.45, 7) is 2.06. The SMILES string of the molecule is O=C(O)CC1COCCN1C(=O)c1ccc2c(c1)NCC2. The molecule has 1 aromatic rings. The van der Waals surface area contributed by atoms with Crippen molar-refractivity contribution in [2.75, 3.05) is 31.6 Å². The van der Waals surface area contributed by atoms with Gasteiger partial charge in [0.2, 0.25) is 0 Å². The van der Waals surface area contributed by atoms with E-state index in [-0.39, 0.29) is 18.9 Å². The molecular formula is C15H18N2O4. The lowest BCUT2D eigenvalue weighted by Crippen LogP contribution is -2.49. The van der Waals surface area contributed by atoms with E-state index in [0.717, 1.165) is 18.7 Å². The molecule has 112 valence electrons. The summed E-state index contributed by atoms with van der Waals surface area (Å²) in [7, 11) is 0. The van der Waals surface area contributed by atoms with Crippen LogP contribution in [0.3, 0.4) is 0 Å². The minimum Gasteiger partial charge on any atom is -0.481 e. The van der Waals surface area contributed by atoms with E-state index in [9.17, 15) is 9.59 Å². The van der Waals surface area contributed by atoms with Crippen LogP contribution in [0, 0.1) is 0 Å². The number of rotatable bonds is 3. The number of hydrogen-bond acceptors (Lipinski definition) is 4. The number of carboxylic acid groups (broad SMARTS) is 1. The second-order valence-corrected chi connectivity index (χ2v) is 5.37. The van der Waals surface area contributed by atoms with E-state index in [1.165, 1.54) is 5.56 Å². The standard InChI is InChI=1S/C15H18N2O4/c18-14(19)8-12-9-21-6-5-17(12)15(20)11-2-1-10-3-4-16-13(10)7-11/h1-2,7,12,16H,3-6,8-9H2,(H,18,19). The molecule has 21 heavy (non-hydrogen) atoms. The number of ether oxygens (including phenoxy) is 1. The molecule has 1 amide bonds. The molecule has 3 rings (SSSR count). The van der Waals surface area contributed by atoms with Gasteiger partial charge in [-0.3, -0.25) is 9.59 Å². The first kappa shape index (κ1) is 13.9. The smallest absolute Gasteiger partial charge is 0.305 e. The zero-order valence-corrected chi connectivity index (χ0v) is 11.7. The van der Waals surface area contributed by atoms with Crippen LogP contribution in [-0.4, -0.2) is 54.2 Å². The number of amides is 1. The number of anilines is 1. The molecule has 2 N–H and O–H groups in total. The Balaban J connectivity index is 1.80. The van der Waals surface area contributed by atoms with E-state index >= 15 is 0 Å². The Hall–Kier alpha value is -2.08. The van der Waals surface area contributed by atoms with Crippen LogP contribution in [0.5, 0.6) is 0 Å². The second-order valence-electron chi connectivity index (χ2n) is 5.37. The number of benzene rings is 1. The number of aliphatic carboxylic acids is 1.